The number of hydrogen-bond acceptors (Lipinski definition) is 5. The van der Waals surface area contributed by atoms with Gasteiger partial charge in [-0.05, 0) is 18.2 Å². The molecule has 1 aromatic carbocycles. The summed E-state index contributed by atoms with van der Waals surface area (Å²) in [5, 5.41) is 2.93. The molecule has 0 bridgehead atoms. The van der Waals surface area contributed by atoms with Crippen LogP contribution in [0.2, 0.25) is 0 Å². The lowest BCUT2D eigenvalue weighted by atomic mass is 10.1. The van der Waals surface area contributed by atoms with E-state index in [1.165, 1.54) is 13.4 Å². The van der Waals surface area contributed by atoms with Crippen LogP contribution in [0.4, 0.5) is 11.4 Å². The van der Waals surface area contributed by atoms with Gasteiger partial charge in [-0.3, -0.25) is 4.79 Å². The lowest BCUT2D eigenvalue weighted by molar-refractivity contribution is -0.119. The molecule has 1 aliphatic heterocycles. The zero-order chi connectivity index (χ0) is 16.4. The SMILES string of the molecule is COC(=O)c1ccoc1CN1CC(C)C(=O)Nc2ccccc21. The third kappa shape index (κ3) is 2.92. The average Bonchev–Trinajstić information content (AvgIpc) is 2.97. The second kappa shape index (κ2) is 6.16. The molecule has 1 aromatic heterocycles. The molecular formula is C17H18N2O4. The summed E-state index contributed by atoms with van der Waals surface area (Å²) >= 11 is 0. The maximum atomic E-state index is 12.1. The van der Waals surface area contributed by atoms with E-state index >= 15 is 0 Å². The van der Waals surface area contributed by atoms with E-state index in [4.69, 9.17) is 9.15 Å². The molecule has 0 saturated carbocycles. The van der Waals surface area contributed by atoms with Crippen molar-refractivity contribution >= 4 is 23.3 Å². The number of carbonyl (C=O) groups is 2. The van der Waals surface area contributed by atoms with Crippen molar-refractivity contribution in [3.05, 3.63) is 47.9 Å². The number of amides is 1. The summed E-state index contributed by atoms with van der Waals surface area (Å²) in [7, 11) is 1.34. The Hall–Kier alpha value is -2.76. The minimum atomic E-state index is -0.431. The van der Waals surface area contributed by atoms with Crippen LogP contribution in [-0.2, 0) is 16.1 Å². The first kappa shape index (κ1) is 15.1. The molecule has 2 aromatic rings. The van der Waals surface area contributed by atoms with Gasteiger partial charge in [0, 0.05) is 6.54 Å². The van der Waals surface area contributed by atoms with Gasteiger partial charge in [-0.25, -0.2) is 4.79 Å². The van der Waals surface area contributed by atoms with E-state index in [1.807, 2.05) is 36.1 Å². The number of nitrogens with zero attached hydrogens (tertiary/aromatic N) is 1. The number of esters is 1. The maximum absolute atomic E-state index is 12.1. The molecule has 2 heterocycles. The molecule has 1 atom stereocenters. The molecule has 0 radical (unpaired) electrons. The van der Waals surface area contributed by atoms with E-state index in [0.717, 1.165) is 11.4 Å². The van der Waals surface area contributed by atoms with Gasteiger partial charge in [0.15, 0.2) is 0 Å². The highest BCUT2D eigenvalue weighted by molar-refractivity contribution is 5.97. The summed E-state index contributed by atoms with van der Waals surface area (Å²) in [6, 6.07) is 9.19. The fraction of sp³-hybridized carbons (Fsp3) is 0.294. The smallest absolute Gasteiger partial charge is 0.341 e. The van der Waals surface area contributed by atoms with Gasteiger partial charge < -0.3 is 19.4 Å². The van der Waals surface area contributed by atoms with Gasteiger partial charge in [0.25, 0.3) is 0 Å². The summed E-state index contributed by atoms with van der Waals surface area (Å²) in [6.07, 6.45) is 1.47. The molecule has 3 rings (SSSR count). The van der Waals surface area contributed by atoms with Crippen molar-refractivity contribution in [2.24, 2.45) is 5.92 Å². The molecule has 0 fully saturated rings. The van der Waals surface area contributed by atoms with Crippen LogP contribution in [0.25, 0.3) is 0 Å². The number of methoxy groups -OCH3 is 1. The summed E-state index contributed by atoms with van der Waals surface area (Å²) in [6.45, 7) is 2.79. The van der Waals surface area contributed by atoms with Gasteiger partial charge in [-0.1, -0.05) is 19.1 Å². The Bertz CT molecular complexity index is 738. The molecule has 1 unspecified atom stereocenters. The van der Waals surface area contributed by atoms with Crippen LogP contribution in [0.1, 0.15) is 23.0 Å². The Balaban J connectivity index is 1.94. The molecular weight excluding hydrogens is 296 g/mol. The summed E-state index contributed by atoms with van der Waals surface area (Å²) in [4.78, 5) is 25.9. The van der Waals surface area contributed by atoms with Gasteiger partial charge in [0.1, 0.15) is 11.3 Å². The van der Waals surface area contributed by atoms with Crippen molar-refractivity contribution in [3.8, 4) is 0 Å². The second-order valence-corrected chi connectivity index (χ2v) is 5.54. The number of rotatable bonds is 3. The number of carbonyl (C=O) groups excluding carboxylic acids is 2. The van der Waals surface area contributed by atoms with Crippen LogP contribution in [0.3, 0.4) is 0 Å². The average molecular weight is 314 g/mol. The van der Waals surface area contributed by atoms with E-state index in [9.17, 15) is 9.59 Å². The normalized spacial score (nSPS) is 17.2. The molecule has 23 heavy (non-hydrogen) atoms. The zero-order valence-electron chi connectivity index (χ0n) is 13.0. The van der Waals surface area contributed by atoms with E-state index in [1.54, 1.807) is 6.07 Å². The number of furan rings is 1. The standard InChI is InChI=1S/C17H18N2O4/c1-11-9-19(10-15-12(7-8-23-15)17(21)22-2)14-6-4-3-5-13(14)18-16(11)20/h3-8,11H,9-10H2,1-2H3,(H,18,20). The van der Waals surface area contributed by atoms with Gasteiger partial charge in [0.05, 0.1) is 37.2 Å². The highest BCUT2D eigenvalue weighted by atomic mass is 16.5. The Morgan fingerprint density at radius 2 is 2.17 bits per heavy atom. The highest BCUT2D eigenvalue weighted by Gasteiger charge is 2.26. The molecule has 6 heteroatoms. The Kier molecular flexibility index (Phi) is 4.06. The minimum absolute atomic E-state index is 0.0208. The molecule has 0 saturated heterocycles. The van der Waals surface area contributed by atoms with E-state index in [0.29, 0.717) is 24.4 Å². The number of anilines is 2. The number of ether oxygens (including phenoxy) is 1. The molecule has 0 spiro atoms. The first-order chi connectivity index (χ1) is 11.1. The van der Waals surface area contributed by atoms with Crippen LogP contribution < -0.4 is 10.2 Å². The maximum Gasteiger partial charge on any atom is 0.341 e. The van der Waals surface area contributed by atoms with Crippen molar-refractivity contribution in [3.63, 3.8) is 0 Å². The molecule has 0 aliphatic carbocycles. The topological polar surface area (TPSA) is 71.8 Å². The summed E-state index contributed by atoms with van der Waals surface area (Å²) in [5.74, 6) is -0.112. The monoisotopic (exact) mass is 314 g/mol. The first-order valence-corrected chi connectivity index (χ1v) is 7.39. The van der Waals surface area contributed by atoms with Gasteiger partial charge in [-0.2, -0.15) is 0 Å². The number of nitrogens with one attached hydrogen (secondary N) is 1. The molecule has 1 amide bonds. The van der Waals surface area contributed by atoms with Gasteiger partial charge in [0.2, 0.25) is 5.91 Å². The van der Waals surface area contributed by atoms with Crippen LogP contribution in [0, 0.1) is 5.92 Å². The summed E-state index contributed by atoms with van der Waals surface area (Å²) in [5.41, 5.74) is 2.06. The molecule has 1 N–H and O–H groups in total. The minimum Gasteiger partial charge on any atom is -0.467 e. The van der Waals surface area contributed by atoms with E-state index in [-0.39, 0.29) is 11.8 Å². The number of benzene rings is 1. The molecule has 1 aliphatic rings. The van der Waals surface area contributed by atoms with Crippen molar-refractivity contribution in [2.45, 2.75) is 13.5 Å². The highest BCUT2D eigenvalue weighted by Crippen LogP contribution is 2.31. The predicted octanol–water partition coefficient (Wildman–Crippen LogP) is 2.66. The zero-order valence-corrected chi connectivity index (χ0v) is 13.0. The number of hydrogen-bond donors (Lipinski definition) is 1. The van der Waals surface area contributed by atoms with E-state index < -0.39 is 5.97 Å². The fourth-order valence-electron chi connectivity index (χ4n) is 2.70. The summed E-state index contributed by atoms with van der Waals surface area (Å²) < 4.78 is 10.2. The van der Waals surface area contributed by atoms with Crippen LogP contribution >= 0.6 is 0 Å². The Morgan fingerprint density at radius 1 is 1.39 bits per heavy atom. The molecule has 6 nitrogen and oxygen atoms in total. The number of fused-ring (bicyclic) bond motifs is 1. The van der Waals surface area contributed by atoms with Gasteiger partial charge >= 0.3 is 5.97 Å². The second-order valence-electron chi connectivity index (χ2n) is 5.54. The first-order valence-electron chi connectivity index (χ1n) is 7.39. The van der Waals surface area contributed by atoms with Gasteiger partial charge in [-0.15, -0.1) is 0 Å². The third-order valence-corrected chi connectivity index (χ3v) is 3.93. The van der Waals surface area contributed by atoms with E-state index in [2.05, 4.69) is 5.32 Å². The van der Waals surface area contributed by atoms with Crippen molar-refractivity contribution in [1.29, 1.82) is 0 Å². The van der Waals surface area contributed by atoms with Crippen LogP contribution in [0.15, 0.2) is 41.0 Å². The predicted molar refractivity (Wildman–Crippen MR) is 85.3 cm³/mol. The van der Waals surface area contributed by atoms with Crippen molar-refractivity contribution in [1.82, 2.24) is 0 Å². The largest absolute Gasteiger partial charge is 0.467 e. The van der Waals surface area contributed by atoms with Crippen molar-refractivity contribution in [2.75, 3.05) is 23.9 Å². The van der Waals surface area contributed by atoms with Crippen LogP contribution in [-0.4, -0.2) is 25.5 Å². The molecule has 120 valence electrons. The quantitative estimate of drug-likeness (QED) is 0.882. The number of para-hydroxylation sites is 2. The third-order valence-electron chi connectivity index (χ3n) is 3.93. The Labute approximate surface area is 134 Å². The fourth-order valence-corrected chi connectivity index (χ4v) is 2.70. The Morgan fingerprint density at radius 3 is 2.96 bits per heavy atom. The van der Waals surface area contributed by atoms with Crippen LogP contribution in [0.5, 0.6) is 0 Å². The van der Waals surface area contributed by atoms with Crippen molar-refractivity contribution < 1.29 is 18.7 Å². The lowest BCUT2D eigenvalue weighted by Crippen LogP contribution is -2.30. The lowest BCUT2D eigenvalue weighted by Gasteiger charge is -2.24.